The number of hydrogen-bond acceptors (Lipinski definition) is 4. The van der Waals surface area contributed by atoms with Gasteiger partial charge in [-0.2, -0.15) is 0 Å². The number of hydrogen-bond donors (Lipinski definition) is 3. The predicted molar refractivity (Wildman–Crippen MR) is 72.2 cm³/mol. The highest BCUT2D eigenvalue weighted by Gasteiger charge is 2.08. The normalized spacial score (nSPS) is 10.1. The molecule has 0 aliphatic carbocycles. The third-order valence-corrected chi connectivity index (χ3v) is 2.37. The number of amides is 1. The molecular weight excluding hydrogens is 228 g/mol. The molecule has 1 aromatic carbocycles. The van der Waals surface area contributed by atoms with Crippen LogP contribution >= 0.6 is 0 Å². The van der Waals surface area contributed by atoms with Gasteiger partial charge >= 0.3 is 0 Å². The van der Waals surface area contributed by atoms with Gasteiger partial charge in [-0.1, -0.05) is 6.07 Å². The second kappa shape index (κ2) is 4.75. The van der Waals surface area contributed by atoms with Gasteiger partial charge in [0.2, 0.25) is 0 Å². The van der Waals surface area contributed by atoms with E-state index in [1.54, 1.807) is 24.3 Å². The van der Waals surface area contributed by atoms with E-state index in [2.05, 4.69) is 10.3 Å². The summed E-state index contributed by atoms with van der Waals surface area (Å²) in [5.74, 6) is 0.216. The third-order valence-electron chi connectivity index (χ3n) is 2.37. The molecule has 0 aliphatic heterocycles. The lowest BCUT2D eigenvalue weighted by Crippen LogP contribution is -2.13. The van der Waals surface area contributed by atoms with E-state index < -0.39 is 0 Å². The summed E-state index contributed by atoms with van der Waals surface area (Å²) in [5, 5.41) is 2.69. The molecular formula is C13H14N4O. The summed E-state index contributed by atoms with van der Waals surface area (Å²) in [6, 6.07) is 10.1. The first-order valence-electron chi connectivity index (χ1n) is 5.45. The van der Waals surface area contributed by atoms with Crippen LogP contribution in [0, 0.1) is 6.92 Å². The molecule has 1 amide bonds. The van der Waals surface area contributed by atoms with Crippen molar-refractivity contribution in [2.24, 2.45) is 0 Å². The fourth-order valence-electron chi connectivity index (χ4n) is 1.61. The highest BCUT2D eigenvalue weighted by Crippen LogP contribution is 2.15. The van der Waals surface area contributed by atoms with Crippen molar-refractivity contribution >= 4 is 23.1 Å². The van der Waals surface area contributed by atoms with Gasteiger partial charge in [0.15, 0.2) is 0 Å². The molecule has 18 heavy (non-hydrogen) atoms. The van der Waals surface area contributed by atoms with Gasteiger partial charge in [-0.05, 0) is 37.3 Å². The summed E-state index contributed by atoms with van der Waals surface area (Å²) in [5.41, 5.74) is 13.4. The van der Waals surface area contributed by atoms with Crippen molar-refractivity contribution in [3.8, 4) is 0 Å². The van der Waals surface area contributed by atoms with Crippen LogP contribution in [0.3, 0.4) is 0 Å². The first-order chi connectivity index (χ1) is 8.54. The minimum atomic E-state index is -0.285. The fraction of sp³-hybridized carbons (Fsp3) is 0.0769. The van der Waals surface area contributed by atoms with Crippen molar-refractivity contribution < 1.29 is 4.79 Å². The molecule has 0 bridgehead atoms. The molecule has 0 unspecified atom stereocenters. The van der Waals surface area contributed by atoms with E-state index >= 15 is 0 Å². The Morgan fingerprint density at radius 1 is 1.17 bits per heavy atom. The van der Waals surface area contributed by atoms with Crippen molar-refractivity contribution in [1.82, 2.24) is 4.98 Å². The van der Waals surface area contributed by atoms with Crippen molar-refractivity contribution in [1.29, 1.82) is 0 Å². The van der Waals surface area contributed by atoms with Gasteiger partial charge in [-0.25, -0.2) is 4.98 Å². The van der Waals surface area contributed by atoms with E-state index in [1.807, 2.05) is 19.1 Å². The summed E-state index contributed by atoms with van der Waals surface area (Å²) >= 11 is 0. The quantitative estimate of drug-likeness (QED) is 0.700. The van der Waals surface area contributed by atoms with Crippen LogP contribution in [0.15, 0.2) is 36.4 Å². The number of nitrogens with one attached hydrogen (secondary N) is 1. The Kier molecular flexibility index (Phi) is 3.14. The number of benzene rings is 1. The van der Waals surface area contributed by atoms with Crippen LogP contribution in [-0.2, 0) is 0 Å². The second-order valence-electron chi connectivity index (χ2n) is 4.01. The average Bonchev–Trinajstić information content (AvgIpc) is 2.27. The van der Waals surface area contributed by atoms with E-state index in [-0.39, 0.29) is 5.91 Å². The van der Waals surface area contributed by atoms with Crippen LogP contribution in [0.5, 0.6) is 0 Å². The van der Waals surface area contributed by atoms with E-state index in [9.17, 15) is 4.79 Å². The van der Waals surface area contributed by atoms with Crippen LogP contribution < -0.4 is 16.8 Å². The zero-order valence-electron chi connectivity index (χ0n) is 9.97. The first kappa shape index (κ1) is 11.9. The molecule has 0 spiro atoms. The Balaban J connectivity index is 2.22. The molecule has 92 valence electrons. The molecule has 2 aromatic rings. The molecule has 5 heteroatoms. The Bertz CT molecular complexity index is 575. The molecule has 2 rings (SSSR count). The van der Waals surface area contributed by atoms with Gasteiger partial charge in [0.05, 0.1) is 0 Å². The summed E-state index contributed by atoms with van der Waals surface area (Å²) in [4.78, 5) is 16.2. The van der Waals surface area contributed by atoms with E-state index in [1.165, 1.54) is 0 Å². The van der Waals surface area contributed by atoms with Gasteiger partial charge < -0.3 is 16.8 Å². The van der Waals surface area contributed by atoms with Gasteiger partial charge in [-0.3, -0.25) is 4.79 Å². The number of nitrogen functional groups attached to an aromatic ring is 2. The van der Waals surface area contributed by atoms with Gasteiger partial charge in [0, 0.05) is 22.6 Å². The van der Waals surface area contributed by atoms with Crippen molar-refractivity contribution in [3.05, 3.63) is 47.7 Å². The van der Waals surface area contributed by atoms with Gasteiger partial charge in [-0.15, -0.1) is 0 Å². The fourth-order valence-corrected chi connectivity index (χ4v) is 1.61. The van der Waals surface area contributed by atoms with Crippen LogP contribution in [0.4, 0.5) is 17.2 Å². The zero-order valence-corrected chi connectivity index (χ0v) is 9.97. The Hall–Kier alpha value is -2.56. The molecule has 5 nitrogen and oxygen atoms in total. The largest absolute Gasteiger partial charge is 0.399 e. The van der Waals surface area contributed by atoms with E-state index in [0.717, 1.165) is 5.69 Å². The lowest BCUT2D eigenvalue weighted by atomic mass is 10.1. The van der Waals surface area contributed by atoms with Crippen molar-refractivity contribution in [2.45, 2.75) is 6.92 Å². The average molecular weight is 242 g/mol. The van der Waals surface area contributed by atoms with Crippen LogP contribution in [0.1, 0.15) is 16.1 Å². The Morgan fingerprint density at radius 2 is 1.83 bits per heavy atom. The van der Waals surface area contributed by atoms with E-state index in [0.29, 0.717) is 22.8 Å². The highest BCUT2D eigenvalue weighted by molar-refractivity contribution is 6.04. The second-order valence-corrected chi connectivity index (χ2v) is 4.01. The topological polar surface area (TPSA) is 94.0 Å². The first-order valence-corrected chi connectivity index (χ1v) is 5.45. The monoisotopic (exact) mass is 242 g/mol. The molecule has 5 N–H and O–H groups in total. The Labute approximate surface area is 105 Å². The van der Waals surface area contributed by atoms with Crippen molar-refractivity contribution in [2.75, 3.05) is 16.8 Å². The number of carbonyl (C=O) groups is 1. The van der Waals surface area contributed by atoms with Gasteiger partial charge in [0.25, 0.3) is 5.91 Å². The van der Waals surface area contributed by atoms with Crippen LogP contribution in [-0.4, -0.2) is 10.9 Å². The number of nitrogens with two attached hydrogens (primary N) is 2. The maximum Gasteiger partial charge on any atom is 0.256 e. The van der Waals surface area contributed by atoms with Crippen LogP contribution in [0.25, 0.3) is 0 Å². The maximum atomic E-state index is 12.0. The van der Waals surface area contributed by atoms with Crippen LogP contribution in [0.2, 0.25) is 0 Å². The number of aryl methyl sites for hydroxylation is 1. The van der Waals surface area contributed by atoms with E-state index in [4.69, 9.17) is 11.5 Å². The number of nitrogens with zero attached hydrogens (tertiary/aromatic N) is 1. The summed E-state index contributed by atoms with van der Waals surface area (Å²) in [7, 11) is 0. The SMILES string of the molecule is Cc1cccc(NC(=O)c2cc(N)cc(N)c2)n1. The molecule has 1 aromatic heterocycles. The zero-order chi connectivity index (χ0) is 13.1. The number of rotatable bonds is 2. The molecule has 0 atom stereocenters. The lowest BCUT2D eigenvalue weighted by Gasteiger charge is -2.06. The maximum absolute atomic E-state index is 12.0. The third kappa shape index (κ3) is 2.76. The number of aromatic nitrogens is 1. The summed E-state index contributed by atoms with van der Waals surface area (Å²) < 4.78 is 0. The van der Waals surface area contributed by atoms with Crippen molar-refractivity contribution in [3.63, 3.8) is 0 Å². The predicted octanol–water partition coefficient (Wildman–Crippen LogP) is 1.81. The standard InChI is InChI=1S/C13H14N4O/c1-8-3-2-4-12(16-8)17-13(18)9-5-10(14)7-11(15)6-9/h2-7H,14-15H2,1H3,(H,16,17,18). The molecule has 0 fully saturated rings. The molecule has 0 saturated carbocycles. The number of anilines is 3. The minimum Gasteiger partial charge on any atom is -0.399 e. The molecule has 1 heterocycles. The summed E-state index contributed by atoms with van der Waals surface area (Å²) in [6.07, 6.45) is 0. The van der Waals surface area contributed by atoms with Gasteiger partial charge in [0.1, 0.15) is 5.82 Å². The number of carbonyl (C=O) groups excluding carboxylic acids is 1. The smallest absolute Gasteiger partial charge is 0.256 e. The number of pyridine rings is 1. The Morgan fingerprint density at radius 3 is 2.44 bits per heavy atom. The minimum absolute atomic E-state index is 0.285. The molecule has 0 aliphatic rings. The highest BCUT2D eigenvalue weighted by atomic mass is 16.1. The lowest BCUT2D eigenvalue weighted by molar-refractivity contribution is 0.102. The molecule has 0 radical (unpaired) electrons. The molecule has 0 saturated heterocycles. The summed E-state index contributed by atoms with van der Waals surface area (Å²) in [6.45, 7) is 1.86.